The Bertz CT molecular complexity index is 1010. The molecule has 0 radical (unpaired) electrons. The van der Waals surface area contributed by atoms with Crippen LogP contribution in [-0.2, 0) is 19.1 Å². The van der Waals surface area contributed by atoms with Gasteiger partial charge in [0.1, 0.15) is 5.75 Å². The summed E-state index contributed by atoms with van der Waals surface area (Å²) in [6, 6.07) is 7.22. The number of hydrogen-bond donors (Lipinski definition) is 2. The number of thioether (sulfide) groups is 1. The number of carbonyl (C=O) groups excluding carboxylic acids is 3. The van der Waals surface area contributed by atoms with Gasteiger partial charge >= 0.3 is 0 Å². The van der Waals surface area contributed by atoms with Crippen molar-refractivity contribution in [3.8, 4) is 5.75 Å². The fourth-order valence-electron chi connectivity index (χ4n) is 3.71. The number of rotatable bonds is 9. The van der Waals surface area contributed by atoms with Crippen LogP contribution in [0.4, 0.5) is 10.8 Å². The van der Waals surface area contributed by atoms with Crippen molar-refractivity contribution in [1.29, 1.82) is 0 Å². The Morgan fingerprint density at radius 3 is 2.97 bits per heavy atom. The molecule has 33 heavy (non-hydrogen) atoms. The highest BCUT2D eigenvalue weighted by molar-refractivity contribution is 8.01. The highest BCUT2D eigenvalue weighted by Crippen LogP contribution is 2.33. The summed E-state index contributed by atoms with van der Waals surface area (Å²) >= 11 is 2.45. The smallest absolute Gasteiger partial charge is 0.231 e. The maximum atomic E-state index is 12.7. The number of amides is 3. The van der Waals surface area contributed by atoms with Gasteiger partial charge in [-0.3, -0.25) is 14.4 Å². The monoisotopic (exact) mass is 491 g/mol. The lowest BCUT2D eigenvalue weighted by atomic mass is 10.1. The molecule has 0 aliphatic carbocycles. The normalized spacial score (nSPS) is 20.2. The van der Waals surface area contributed by atoms with Crippen LogP contribution >= 0.6 is 23.1 Å². The van der Waals surface area contributed by atoms with Gasteiger partial charge in [0, 0.05) is 26.1 Å². The van der Waals surface area contributed by atoms with E-state index in [-0.39, 0.29) is 42.5 Å². The van der Waals surface area contributed by atoms with E-state index in [0.717, 1.165) is 19.4 Å². The second-order valence-corrected chi connectivity index (χ2v) is 9.87. The van der Waals surface area contributed by atoms with Gasteiger partial charge in [-0.05, 0) is 25.0 Å². The maximum absolute atomic E-state index is 12.7. The third kappa shape index (κ3) is 6.01. The molecule has 2 aliphatic heterocycles. The van der Waals surface area contributed by atoms with Gasteiger partial charge in [0.05, 0.1) is 30.6 Å². The van der Waals surface area contributed by atoms with E-state index in [1.165, 1.54) is 23.1 Å². The first-order valence-electron chi connectivity index (χ1n) is 10.6. The summed E-state index contributed by atoms with van der Waals surface area (Å²) in [5, 5.41) is 13.9. The predicted molar refractivity (Wildman–Crippen MR) is 125 cm³/mol. The molecule has 0 saturated carbocycles. The van der Waals surface area contributed by atoms with Gasteiger partial charge in [0.15, 0.2) is 4.34 Å². The van der Waals surface area contributed by atoms with E-state index in [2.05, 4.69) is 20.8 Å². The second kappa shape index (κ2) is 10.9. The first-order chi connectivity index (χ1) is 16.0. The van der Waals surface area contributed by atoms with Crippen molar-refractivity contribution in [2.75, 3.05) is 42.8 Å². The van der Waals surface area contributed by atoms with Crippen LogP contribution in [0.3, 0.4) is 0 Å². The fourth-order valence-corrected chi connectivity index (χ4v) is 5.29. The first kappa shape index (κ1) is 23.5. The number of benzene rings is 1. The molecule has 12 heteroatoms. The number of para-hydroxylation sites is 2. The second-order valence-electron chi connectivity index (χ2n) is 7.67. The van der Waals surface area contributed by atoms with E-state index >= 15 is 0 Å². The molecule has 2 fully saturated rings. The van der Waals surface area contributed by atoms with Gasteiger partial charge in [-0.25, -0.2) is 0 Å². The zero-order valence-electron chi connectivity index (χ0n) is 18.1. The fraction of sp³-hybridized carbons (Fsp3) is 0.476. The van der Waals surface area contributed by atoms with Crippen LogP contribution in [0.25, 0.3) is 0 Å². The molecule has 1 aromatic carbocycles. The minimum absolute atomic E-state index is 0.0998. The van der Waals surface area contributed by atoms with E-state index in [0.29, 0.717) is 27.5 Å². The van der Waals surface area contributed by atoms with Crippen molar-refractivity contribution < 1.29 is 23.9 Å². The number of aromatic nitrogens is 2. The van der Waals surface area contributed by atoms with Crippen LogP contribution in [0.2, 0.25) is 0 Å². The summed E-state index contributed by atoms with van der Waals surface area (Å²) in [7, 11) is 1.54. The van der Waals surface area contributed by atoms with Crippen LogP contribution < -0.4 is 20.3 Å². The lowest BCUT2D eigenvalue weighted by molar-refractivity contribution is -0.122. The largest absolute Gasteiger partial charge is 0.495 e. The quantitative estimate of drug-likeness (QED) is 0.403. The SMILES string of the molecule is COc1ccccc1N1C[C@H](C(=O)Nc2nnc(SCC(=O)NC[C@@H]3CCCO3)s2)CC1=O. The van der Waals surface area contributed by atoms with Crippen molar-refractivity contribution in [2.24, 2.45) is 5.92 Å². The highest BCUT2D eigenvalue weighted by atomic mass is 32.2. The number of hydrogen-bond acceptors (Lipinski definition) is 9. The van der Waals surface area contributed by atoms with Crippen LogP contribution in [0.15, 0.2) is 28.6 Å². The standard InChI is InChI=1S/C21H25N5O5S2/c1-30-16-7-3-2-6-15(16)26-11-13(9-18(26)28)19(29)23-20-24-25-21(33-20)32-12-17(27)22-10-14-5-4-8-31-14/h2-3,6-7,13-14H,4-5,8-12H2,1H3,(H,22,27)(H,23,24,29)/t13-,14+/m1/s1. The zero-order valence-corrected chi connectivity index (χ0v) is 19.7. The van der Waals surface area contributed by atoms with E-state index in [9.17, 15) is 14.4 Å². The minimum Gasteiger partial charge on any atom is -0.495 e. The van der Waals surface area contributed by atoms with E-state index in [1.54, 1.807) is 24.1 Å². The average molecular weight is 492 g/mol. The van der Waals surface area contributed by atoms with Crippen LogP contribution in [0, 0.1) is 5.92 Å². The van der Waals surface area contributed by atoms with Gasteiger partial charge in [0.25, 0.3) is 0 Å². The Kier molecular flexibility index (Phi) is 7.78. The van der Waals surface area contributed by atoms with Gasteiger partial charge in [-0.1, -0.05) is 35.2 Å². The van der Waals surface area contributed by atoms with Crippen LogP contribution in [0.5, 0.6) is 5.75 Å². The number of anilines is 2. The van der Waals surface area contributed by atoms with Gasteiger partial charge in [-0.15, -0.1) is 10.2 Å². The van der Waals surface area contributed by atoms with E-state index in [1.807, 2.05) is 12.1 Å². The molecular weight excluding hydrogens is 466 g/mol. The summed E-state index contributed by atoms with van der Waals surface area (Å²) < 4.78 is 11.4. The number of nitrogens with zero attached hydrogens (tertiary/aromatic N) is 3. The molecule has 4 rings (SSSR count). The van der Waals surface area contributed by atoms with E-state index in [4.69, 9.17) is 9.47 Å². The summed E-state index contributed by atoms with van der Waals surface area (Å²) in [5.41, 5.74) is 0.646. The molecule has 0 unspecified atom stereocenters. The lowest BCUT2D eigenvalue weighted by Crippen LogP contribution is -2.32. The molecule has 176 valence electrons. The Balaban J connectivity index is 1.25. The van der Waals surface area contributed by atoms with Crippen LogP contribution in [0.1, 0.15) is 19.3 Å². The summed E-state index contributed by atoms with van der Waals surface area (Å²) in [6.45, 7) is 1.53. The molecule has 2 aliphatic rings. The zero-order chi connectivity index (χ0) is 23.2. The number of nitrogens with one attached hydrogen (secondary N) is 2. The number of carbonyl (C=O) groups is 3. The van der Waals surface area contributed by atoms with Crippen molar-refractivity contribution in [2.45, 2.75) is 29.7 Å². The van der Waals surface area contributed by atoms with Crippen LogP contribution in [-0.4, -0.2) is 66.6 Å². The molecule has 2 saturated heterocycles. The predicted octanol–water partition coefficient (Wildman–Crippen LogP) is 1.93. The van der Waals surface area contributed by atoms with Gasteiger partial charge < -0.3 is 25.0 Å². The lowest BCUT2D eigenvalue weighted by Gasteiger charge is -2.19. The van der Waals surface area contributed by atoms with Crippen molar-refractivity contribution in [3.63, 3.8) is 0 Å². The van der Waals surface area contributed by atoms with E-state index < -0.39 is 5.92 Å². The minimum atomic E-state index is -0.508. The van der Waals surface area contributed by atoms with Crippen molar-refractivity contribution in [1.82, 2.24) is 15.5 Å². The van der Waals surface area contributed by atoms with Gasteiger partial charge in [-0.2, -0.15) is 0 Å². The average Bonchev–Trinajstić information content (AvgIpc) is 3.58. The highest BCUT2D eigenvalue weighted by Gasteiger charge is 2.36. The number of ether oxygens (including phenoxy) is 2. The maximum Gasteiger partial charge on any atom is 0.231 e. The Labute approximate surface area is 199 Å². The molecule has 2 N–H and O–H groups in total. The Hall–Kier alpha value is -2.70. The molecule has 1 aromatic heterocycles. The van der Waals surface area contributed by atoms with Gasteiger partial charge in [0.2, 0.25) is 22.9 Å². The molecule has 0 bridgehead atoms. The molecule has 3 amide bonds. The molecular formula is C21H25N5O5S2. The van der Waals surface area contributed by atoms with Crippen molar-refractivity contribution in [3.05, 3.63) is 24.3 Å². The molecule has 2 aromatic rings. The van der Waals surface area contributed by atoms with Crippen molar-refractivity contribution >= 4 is 51.6 Å². The Morgan fingerprint density at radius 2 is 2.18 bits per heavy atom. The molecule has 2 atom stereocenters. The summed E-state index contributed by atoms with van der Waals surface area (Å²) in [6.07, 6.45) is 2.21. The number of methoxy groups -OCH3 is 1. The molecule has 0 spiro atoms. The first-order valence-corrected chi connectivity index (χ1v) is 12.4. The summed E-state index contributed by atoms with van der Waals surface area (Å²) in [4.78, 5) is 38.8. The third-order valence-corrected chi connectivity index (χ3v) is 7.36. The Morgan fingerprint density at radius 1 is 1.33 bits per heavy atom. The molecule has 3 heterocycles. The molecule has 10 nitrogen and oxygen atoms in total. The third-order valence-electron chi connectivity index (χ3n) is 5.39. The topological polar surface area (TPSA) is 123 Å². The summed E-state index contributed by atoms with van der Waals surface area (Å²) in [5.74, 6) is -0.245.